The van der Waals surface area contributed by atoms with E-state index in [1.807, 2.05) is 18.2 Å². The van der Waals surface area contributed by atoms with Crippen LogP contribution in [0.1, 0.15) is 11.1 Å². The third-order valence-electron chi connectivity index (χ3n) is 2.47. The van der Waals surface area contributed by atoms with Gasteiger partial charge in [0.1, 0.15) is 6.61 Å². The minimum Gasteiger partial charge on any atom is -0.449 e. The van der Waals surface area contributed by atoms with Crippen LogP contribution in [-0.2, 0) is 22.7 Å². The zero-order chi connectivity index (χ0) is 12.3. The predicted octanol–water partition coefficient (Wildman–Crippen LogP) is 1.75. The fourth-order valence-electron chi connectivity index (χ4n) is 1.52. The van der Waals surface area contributed by atoms with Crippen molar-refractivity contribution in [1.29, 1.82) is 0 Å². The highest BCUT2D eigenvalue weighted by Crippen LogP contribution is 2.26. The number of rotatable bonds is 3. The first-order valence-electron chi connectivity index (χ1n) is 5.42. The molecule has 0 fully saturated rings. The number of benzene rings is 1. The highest BCUT2D eigenvalue weighted by Gasteiger charge is 2.13. The first kappa shape index (κ1) is 11.7. The monoisotopic (exact) mass is 237 g/mol. The minimum atomic E-state index is -0.321. The number of carbonyl (C=O) groups excluding carboxylic acids is 1. The first-order chi connectivity index (χ1) is 8.16. The van der Waals surface area contributed by atoms with Gasteiger partial charge in [0.2, 0.25) is 0 Å². The second kappa shape index (κ2) is 5.05. The van der Waals surface area contributed by atoms with Crippen LogP contribution in [0.4, 0.5) is 4.79 Å². The molecule has 5 heteroatoms. The lowest BCUT2D eigenvalue weighted by Gasteiger charge is -2.10. The van der Waals surface area contributed by atoms with Gasteiger partial charge in [0.05, 0.1) is 6.61 Å². The van der Waals surface area contributed by atoms with Gasteiger partial charge in [-0.2, -0.15) is 4.89 Å². The molecule has 0 aliphatic carbocycles. The van der Waals surface area contributed by atoms with Gasteiger partial charge >= 0.3 is 6.09 Å². The molecule has 0 saturated carbocycles. The Bertz CT molecular complexity index is 417. The van der Waals surface area contributed by atoms with Crippen LogP contribution >= 0.6 is 0 Å². The summed E-state index contributed by atoms with van der Waals surface area (Å²) in [5.74, 6) is 0.763. The average Bonchev–Trinajstić information content (AvgIpc) is 2.75. The molecule has 0 aromatic heterocycles. The van der Waals surface area contributed by atoms with Crippen LogP contribution in [-0.4, -0.2) is 31.7 Å². The molecule has 0 saturated heterocycles. The molecule has 1 aliphatic heterocycles. The number of ether oxygens (including phenoxy) is 1. The van der Waals surface area contributed by atoms with E-state index < -0.39 is 0 Å². The van der Waals surface area contributed by atoms with E-state index in [1.54, 1.807) is 14.1 Å². The Morgan fingerprint density at radius 3 is 3.06 bits per heavy atom. The van der Waals surface area contributed by atoms with Crippen LogP contribution in [0.5, 0.6) is 5.75 Å². The average molecular weight is 237 g/mol. The van der Waals surface area contributed by atoms with Crippen LogP contribution in [0.25, 0.3) is 0 Å². The van der Waals surface area contributed by atoms with E-state index in [4.69, 9.17) is 14.5 Å². The third-order valence-corrected chi connectivity index (χ3v) is 2.47. The summed E-state index contributed by atoms with van der Waals surface area (Å²) in [4.78, 5) is 22.4. The Hall–Kier alpha value is -1.75. The number of hydrogen-bond acceptors (Lipinski definition) is 4. The largest absolute Gasteiger partial charge is 0.449 e. The SMILES string of the molecule is CN(C)C(=O)OCCc1ccc2c(c1)COO2. The van der Waals surface area contributed by atoms with Gasteiger partial charge in [-0.15, -0.1) is 0 Å². The quantitative estimate of drug-likeness (QED) is 0.751. The summed E-state index contributed by atoms with van der Waals surface area (Å²) in [7, 11) is 3.32. The molecule has 1 heterocycles. The summed E-state index contributed by atoms with van der Waals surface area (Å²) < 4.78 is 5.05. The molecule has 17 heavy (non-hydrogen) atoms. The standard InChI is InChI=1S/C12H15NO4/c1-13(2)12(14)15-6-5-9-3-4-11-10(7-9)8-16-17-11/h3-4,7H,5-6,8H2,1-2H3. The smallest absolute Gasteiger partial charge is 0.409 e. The maximum atomic E-state index is 11.2. The molecule has 0 unspecified atom stereocenters. The number of hydrogen-bond donors (Lipinski definition) is 0. The molecule has 0 atom stereocenters. The van der Waals surface area contributed by atoms with Gasteiger partial charge in [-0.3, -0.25) is 0 Å². The molecule has 1 amide bonds. The van der Waals surface area contributed by atoms with E-state index in [1.165, 1.54) is 4.90 Å². The molecule has 1 aromatic rings. The molecule has 0 bridgehead atoms. The van der Waals surface area contributed by atoms with E-state index in [2.05, 4.69) is 0 Å². The predicted molar refractivity (Wildman–Crippen MR) is 60.6 cm³/mol. The Morgan fingerprint density at radius 2 is 2.29 bits per heavy atom. The summed E-state index contributed by atoms with van der Waals surface area (Å²) in [5, 5.41) is 0. The topological polar surface area (TPSA) is 48.0 Å². The van der Waals surface area contributed by atoms with Crippen LogP contribution in [0.3, 0.4) is 0 Å². The molecule has 2 rings (SSSR count). The van der Waals surface area contributed by atoms with Gasteiger partial charge in [-0.05, 0) is 17.7 Å². The van der Waals surface area contributed by atoms with Crippen molar-refractivity contribution in [2.24, 2.45) is 0 Å². The van der Waals surface area contributed by atoms with E-state index >= 15 is 0 Å². The highest BCUT2D eigenvalue weighted by atomic mass is 17.2. The Morgan fingerprint density at radius 1 is 1.47 bits per heavy atom. The number of nitrogens with zero attached hydrogens (tertiary/aromatic N) is 1. The van der Waals surface area contributed by atoms with Crippen LogP contribution in [0, 0.1) is 0 Å². The number of carbonyl (C=O) groups is 1. The maximum absolute atomic E-state index is 11.2. The van der Waals surface area contributed by atoms with Gasteiger partial charge in [-0.1, -0.05) is 6.07 Å². The van der Waals surface area contributed by atoms with Crippen molar-refractivity contribution in [3.8, 4) is 5.75 Å². The van der Waals surface area contributed by atoms with Crippen LogP contribution < -0.4 is 4.89 Å². The zero-order valence-electron chi connectivity index (χ0n) is 9.93. The van der Waals surface area contributed by atoms with Crippen molar-refractivity contribution in [3.63, 3.8) is 0 Å². The minimum absolute atomic E-state index is 0.321. The van der Waals surface area contributed by atoms with Gasteiger partial charge < -0.3 is 14.5 Å². The number of fused-ring (bicyclic) bond motifs is 1. The molecular formula is C12H15NO4. The van der Waals surface area contributed by atoms with Crippen LogP contribution in [0.15, 0.2) is 18.2 Å². The van der Waals surface area contributed by atoms with E-state index in [0.717, 1.165) is 16.9 Å². The second-order valence-electron chi connectivity index (χ2n) is 4.05. The molecular weight excluding hydrogens is 222 g/mol. The Kier molecular flexibility index (Phi) is 3.49. The fraction of sp³-hybridized carbons (Fsp3) is 0.417. The van der Waals surface area contributed by atoms with Crippen molar-refractivity contribution in [3.05, 3.63) is 29.3 Å². The summed E-state index contributed by atoms with van der Waals surface area (Å²) in [5.41, 5.74) is 2.13. The molecule has 1 aromatic carbocycles. The van der Waals surface area contributed by atoms with E-state index in [-0.39, 0.29) is 6.09 Å². The molecule has 0 spiro atoms. The normalized spacial score (nSPS) is 12.8. The van der Waals surface area contributed by atoms with Gasteiger partial charge in [0.15, 0.2) is 5.75 Å². The Labute approximate surface area is 99.8 Å². The highest BCUT2D eigenvalue weighted by molar-refractivity contribution is 5.66. The van der Waals surface area contributed by atoms with Crippen molar-refractivity contribution in [2.75, 3.05) is 20.7 Å². The fourth-order valence-corrected chi connectivity index (χ4v) is 1.52. The van der Waals surface area contributed by atoms with Crippen molar-refractivity contribution >= 4 is 6.09 Å². The molecule has 1 aliphatic rings. The molecule has 0 radical (unpaired) electrons. The Balaban J connectivity index is 1.85. The van der Waals surface area contributed by atoms with Crippen molar-refractivity contribution in [1.82, 2.24) is 4.90 Å². The third kappa shape index (κ3) is 2.88. The number of amides is 1. The van der Waals surface area contributed by atoms with Crippen molar-refractivity contribution in [2.45, 2.75) is 13.0 Å². The molecule has 92 valence electrons. The summed E-state index contributed by atoms with van der Waals surface area (Å²) in [6.45, 7) is 0.845. The zero-order valence-corrected chi connectivity index (χ0v) is 9.93. The van der Waals surface area contributed by atoms with Gasteiger partial charge in [0.25, 0.3) is 0 Å². The summed E-state index contributed by atoms with van der Waals surface area (Å²) >= 11 is 0. The lowest BCUT2D eigenvalue weighted by Crippen LogP contribution is -2.23. The lowest BCUT2D eigenvalue weighted by molar-refractivity contribution is -0.194. The van der Waals surface area contributed by atoms with E-state index in [9.17, 15) is 4.79 Å². The maximum Gasteiger partial charge on any atom is 0.409 e. The van der Waals surface area contributed by atoms with Crippen molar-refractivity contribution < 1.29 is 19.3 Å². The van der Waals surface area contributed by atoms with Crippen LogP contribution in [0.2, 0.25) is 0 Å². The summed E-state index contributed by atoms with van der Waals surface area (Å²) in [6.07, 6.45) is 0.366. The van der Waals surface area contributed by atoms with E-state index in [0.29, 0.717) is 19.6 Å². The molecule has 0 N–H and O–H groups in total. The molecule has 5 nitrogen and oxygen atoms in total. The lowest BCUT2D eigenvalue weighted by atomic mass is 10.1. The first-order valence-corrected chi connectivity index (χ1v) is 5.42. The van der Waals surface area contributed by atoms with Gasteiger partial charge in [-0.25, -0.2) is 4.79 Å². The second-order valence-corrected chi connectivity index (χ2v) is 4.05. The summed E-state index contributed by atoms with van der Waals surface area (Å²) in [6, 6.07) is 5.81. The van der Waals surface area contributed by atoms with Gasteiger partial charge in [0, 0.05) is 26.1 Å².